The normalized spacial score (nSPS) is 23.4. The Labute approximate surface area is 166 Å². The summed E-state index contributed by atoms with van der Waals surface area (Å²) >= 11 is 0. The van der Waals surface area contributed by atoms with Gasteiger partial charge >= 0.3 is 0 Å². The Hall–Kier alpha value is -2.75. The van der Waals surface area contributed by atoms with Crippen molar-refractivity contribution in [2.75, 3.05) is 11.9 Å². The molecule has 0 aliphatic carbocycles. The lowest BCUT2D eigenvalue weighted by Gasteiger charge is -2.26. The summed E-state index contributed by atoms with van der Waals surface area (Å²) in [4.78, 5) is 17.0. The van der Waals surface area contributed by atoms with Crippen LogP contribution in [0.1, 0.15) is 49.2 Å². The van der Waals surface area contributed by atoms with Gasteiger partial charge in [0.15, 0.2) is 5.82 Å². The Morgan fingerprint density at radius 3 is 2.97 bits per heavy atom. The maximum absolute atomic E-state index is 14.0. The smallest absolute Gasteiger partial charge is 0.291 e. The van der Waals surface area contributed by atoms with Crippen molar-refractivity contribution in [1.82, 2.24) is 20.1 Å². The zero-order valence-electron chi connectivity index (χ0n) is 16.2. The van der Waals surface area contributed by atoms with E-state index in [9.17, 15) is 18.7 Å². The highest BCUT2D eigenvalue weighted by Crippen LogP contribution is 2.32. The number of aliphatic hydroxyl groups is 1. The van der Waals surface area contributed by atoms with E-state index in [1.54, 1.807) is 0 Å². The van der Waals surface area contributed by atoms with Crippen molar-refractivity contribution in [3.8, 4) is 5.75 Å². The fourth-order valence-electron chi connectivity index (χ4n) is 3.77. The number of aromatic nitrogens is 3. The standard InChI is InChI=1S/C19H23F2N5O3/c1-9(2)13-4-3-5-15-23-17(25-26(13)15)19(28)22-12-8-29-14-7-10(20)6-11(21)16(14)24-18(12)27/h6-7,9,12-13,18,24,27H,3-5,8H2,1-2H3,(H,22,28)/t12-,13+,18?/m0/s1. The largest absolute Gasteiger partial charge is 0.489 e. The van der Waals surface area contributed by atoms with Crippen molar-refractivity contribution in [2.45, 2.75) is 51.4 Å². The molecule has 0 fully saturated rings. The molecule has 29 heavy (non-hydrogen) atoms. The Kier molecular flexibility index (Phi) is 5.12. The Morgan fingerprint density at radius 1 is 1.41 bits per heavy atom. The third kappa shape index (κ3) is 3.76. The monoisotopic (exact) mass is 407 g/mol. The predicted molar refractivity (Wildman–Crippen MR) is 99.6 cm³/mol. The van der Waals surface area contributed by atoms with E-state index in [4.69, 9.17) is 4.74 Å². The highest BCUT2D eigenvalue weighted by atomic mass is 19.1. The lowest BCUT2D eigenvalue weighted by Crippen LogP contribution is -2.49. The van der Waals surface area contributed by atoms with E-state index in [0.29, 0.717) is 12.0 Å². The van der Waals surface area contributed by atoms with Crippen LogP contribution >= 0.6 is 0 Å². The summed E-state index contributed by atoms with van der Waals surface area (Å²) < 4.78 is 34.6. The molecule has 0 radical (unpaired) electrons. The fourth-order valence-corrected chi connectivity index (χ4v) is 3.77. The van der Waals surface area contributed by atoms with Crippen LogP contribution in [-0.2, 0) is 6.42 Å². The molecular weight excluding hydrogens is 384 g/mol. The second-order valence-corrected chi connectivity index (χ2v) is 7.74. The Bertz CT molecular complexity index is 933. The number of carbonyl (C=O) groups excluding carboxylic acids is 1. The van der Waals surface area contributed by atoms with Crippen LogP contribution < -0.4 is 15.4 Å². The van der Waals surface area contributed by atoms with Crippen molar-refractivity contribution in [1.29, 1.82) is 0 Å². The van der Waals surface area contributed by atoms with E-state index < -0.39 is 29.8 Å². The number of anilines is 1. The second-order valence-electron chi connectivity index (χ2n) is 7.74. The lowest BCUT2D eigenvalue weighted by molar-refractivity contribution is 0.0809. The number of aryl methyl sites for hydroxylation is 1. The first-order valence-corrected chi connectivity index (χ1v) is 9.66. The Morgan fingerprint density at radius 2 is 2.21 bits per heavy atom. The summed E-state index contributed by atoms with van der Waals surface area (Å²) in [7, 11) is 0. The molecular formula is C19H23F2N5O3. The average molecular weight is 407 g/mol. The van der Waals surface area contributed by atoms with Crippen LogP contribution in [0, 0.1) is 17.6 Å². The van der Waals surface area contributed by atoms with Gasteiger partial charge in [-0.1, -0.05) is 13.8 Å². The third-order valence-electron chi connectivity index (χ3n) is 5.32. The van der Waals surface area contributed by atoms with Crippen molar-refractivity contribution in [3.05, 3.63) is 35.4 Å². The van der Waals surface area contributed by atoms with Gasteiger partial charge in [-0.2, -0.15) is 0 Å². The maximum Gasteiger partial charge on any atom is 0.291 e. The van der Waals surface area contributed by atoms with Crippen LogP contribution in [0.4, 0.5) is 14.5 Å². The van der Waals surface area contributed by atoms with Gasteiger partial charge in [-0.15, -0.1) is 5.10 Å². The minimum absolute atomic E-state index is 0.0127. The van der Waals surface area contributed by atoms with E-state index in [1.165, 1.54) is 0 Å². The molecule has 3 atom stereocenters. The number of nitrogens with zero attached hydrogens (tertiary/aromatic N) is 3. The molecule has 2 aliphatic rings. The highest BCUT2D eigenvalue weighted by Gasteiger charge is 2.32. The molecule has 2 aliphatic heterocycles. The quantitative estimate of drug-likeness (QED) is 0.720. The van der Waals surface area contributed by atoms with Gasteiger partial charge in [-0.3, -0.25) is 4.79 Å². The summed E-state index contributed by atoms with van der Waals surface area (Å²) in [6, 6.07) is 0.970. The van der Waals surface area contributed by atoms with E-state index >= 15 is 0 Å². The van der Waals surface area contributed by atoms with Gasteiger partial charge in [0.2, 0.25) is 5.82 Å². The number of nitrogens with one attached hydrogen (secondary N) is 2. The molecule has 8 nitrogen and oxygen atoms in total. The first-order valence-electron chi connectivity index (χ1n) is 9.66. The molecule has 4 rings (SSSR count). The van der Waals surface area contributed by atoms with Crippen LogP contribution in [0.15, 0.2) is 12.1 Å². The zero-order chi connectivity index (χ0) is 20.7. The van der Waals surface area contributed by atoms with Gasteiger partial charge < -0.3 is 20.5 Å². The molecule has 1 amide bonds. The summed E-state index contributed by atoms with van der Waals surface area (Å²) in [6.45, 7) is 4.02. The number of ether oxygens (including phenoxy) is 1. The molecule has 1 aromatic heterocycles. The van der Waals surface area contributed by atoms with Crippen molar-refractivity contribution in [2.24, 2.45) is 5.92 Å². The van der Waals surface area contributed by atoms with E-state index in [-0.39, 0.29) is 29.9 Å². The van der Waals surface area contributed by atoms with Crippen LogP contribution in [0.5, 0.6) is 5.75 Å². The number of fused-ring (bicyclic) bond motifs is 2. The van der Waals surface area contributed by atoms with Crippen LogP contribution in [-0.4, -0.2) is 44.7 Å². The third-order valence-corrected chi connectivity index (χ3v) is 5.32. The second kappa shape index (κ2) is 7.58. The Balaban J connectivity index is 1.50. The van der Waals surface area contributed by atoms with Crippen LogP contribution in [0.3, 0.4) is 0 Å². The van der Waals surface area contributed by atoms with E-state index in [0.717, 1.165) is 31.2 Å². The molecule has 3 heterocycles. The maximum atomic E-state index is 14.0. The first kappa shape index (κ1) is 19.6. The van der Waals surface area contributed by atoms with Gasteiger partial charge in [0.05, 0.1) is 6.04 Å². The molecule has 0 bridgehead atoms. The number of benzene rings is 1. The summed E-state index contributed by atoms with van der Waals surface area (Å²) in [5.41, 5.74) is -0.161. The predicted octanol–water partition coefficient (Wildman–Crippen LogP) is 2.01. The van der Waals surface area contributed by atoms with Crippen molar-refractivity contribution >= 4 is 11.6 Å². The summed E-state index contributed by atoms with van der Waals surface area (Å²) in [5.74, 6) is -1.20. The number of aliphatic hydroxyl groups excluding tert-OH is 1. The van der Waals surface area contributed by atoms with Gasteiger partial charge in [0, 0.05) is 18.6 Å². The summed E-state index contributed by atoms with van der Waals surface area (Å²) in [5, 5.41) is 19.9. The first-order chi connectivity index (χ1) is 13.8. The minimum Gasteiger partial charge on any atom is -0.489 e. The molecule has 1 aromatic carbocycles. The number of hydrogen-bond acceptors (Lipinski definition) is 6. The van der Waals surface area contributed by atoms with E-state index in [2.05, 4.69) is 34.6 Å². The number of carbonyl (C=O) groups is 1. The molecule has 3 N–H and O–H groups in total. The topological polar surface area (TPSA) is 101 Å². The molecule has 156 valence electrons. The van der Waals surface area contributed by atoms with Gasteiger partial charge in [0.1, 0.15) is 42.0 Å². The highest BCUT2D eigenvalue weighted by molar-refractivity contribution is 5.90. The summed E-state index contributed by atoms with van der Waals surface area (Å²) in [6.07, 6.45) is 1.37. The molecule has 10 heteroatoms. The van der Waals surface area contributed by atoms with Crippen molar-refractivity contribution < 1.29 is 23.4 Å². The molecule has 0 saturated heterocycles. The van der Waals surface area contributed by atoms with E-state index in [1.807, 2.05) is 4.68 Å². The number of hydrogen-bond donors (Lipinski definition) is 3. The lowest BCUT2D eigenvalue weighted by atomic mass is 9.95. The molecule has 0 spiro atoms. The SMILES string of the molecule is CC(C)[C@H]1CCCc2nc(C(=O)N[C@H]3COc4cc(F)cc(F)c4NC3O)nn21. The molecule has 2 aromatic rings. The molecule has 1 unspecified atom stereocenters. The number of amides is 1. The number of rotatable bonds is 3. The van der Waals surface area contributed by atoms with Crippen LogP contribution in [0.25, 0.3) is 0 Å². The van der Waals surface area contributed by atoms with Gasteiger partial charge in [0.25, 0.3) is 5.91 Å². The average Bonchev–Trinajstić information content (AvgIpc) is 3.04. The van der Waals surface area contributed by atoms with Gasteiger partial charge in [-0.05, 0) is 18.8 Å². The fraction of sp³-hybridized carbons (Fsp3) is 0.526. The minimum atomic E-state index is -1.35. The zero-order valence-corrected chi connectivity index (χ0v) is 16.2. The van der Waals surface area contributed by atoms with Crippen molar-refractivity contribution in [3.63, 3.8) is 0 Å². The van der Waals surface area contributed by atoms with Gasteiger partial charge in [-0.25, -0.2) is 18.4 Å². The van der Waals surface area contributed by atoms with Crippen LogP contribution in [0.2, 0.25) is 0 Å². The molecule has 0 saturated carbocycles. The number of halogens is 2.